The van der Waals surface area contributed by atoms with Gasteiger partial charge in [-0.15, -0.1) is 5.10 Å². The van der Waals surface area contributed by atoms with Crippen molar-refractivity contribution < 1.29 is 9.18 Å². The van der Waals surface area contributed by atoms with Crippen molar-refractivity contribution in [3.8, 4) is 0 Å². The molecule has 6 nitrogen and oxygen atoms in total. The van der Waals surface area contributed by atoms with Crippen LogP contribution in [0, 0.1) is 5.82 Å². The van der Waals surface area contributed by atoms with Crippen molar-refractivity contribution in [1.29, 1.82) is 0 Å². The zero-order valence-electron chi connectivity index (χ0n) is 12.2. The Morgan fingerprint density at radius 2 is 1.91 bits per heavy atom. The molecule has 0 atom stereocenters. The molecular weight excluding hydrogens is 297 g/mol. The van der Waals surface area contributed by atoms with Gasteiger partial charge in [0.25, 0.3) is 5.91 Å². The van der Waals surface area contributed by atoms with Gasteiger partial charge in [0.2, 0.25) is 0 Å². The number of amides is 1. The van der Waals surface area contributed by atoms with Crippen molar-refractivity contribution in [1.82, 2.24) is 25.5 Å². The number of benzene rings is 2. The largest absolute Gasteiger partial charge is 0.348 e. The summed E-state index contributed by atoms with van der Waals surface area (Å²) in [5.74, 6) is -0.577. The van der Waals surface area contributed by atoms with Crippen LogP contribution < -0.4 is 5.32 Å². The predicted molar refractivity (Wildman–Crippen MR) is 80.9 cm³/mol. The van der Waals surface area contributed by atoms with E-state index < -0.39 is 0 Å². The third-order valence-corrected chi connectivity index (χ3v) is 3.35. The minimum atomic E-state index is -0.329. The van der Waals surface area contributed by atoms with Gasteiger partial charge >= 0.3 is 0 Å². The fraction of sp³-hybridized carbons (Fsp3) is 0.125. The van der Waals surface area contributed by atoms with Gasteiger partial charge in [0, 0.05) is 17.7 Å². The number of carbonyl (C=O) groups excluding carboxylic acids is 1. The highest BCUT2D eigenvalue weighted by atomic mass is 19.1. The quantitative estimate of drug-likeness (QED) is 0.780. The van der Waals surface area contributed by atoms with Gasteiger partial charge in [-0.3, -0.25) is 4.79 Å². The molecule has 0 bridgehead atoms. The molecule has 0 saturated carbocycles. The Labute approximate surface area is 132 Å². The van der Waals surface area contributed by atoms with Gasteiger partial charge < -0.3 is 5.32 Å². The highest BCUT2D eigenvalue weighted by Gasteiger charge is 2.07. The first-order valence-electron chi connectivity index (χ1n) is 7.04. The average Bonchev–Trinajstić information content (AvgIpc) is 3.07. The molecule has 0 radical (unpaired) electrons. The van der Waals surface area contributed by atoms with Gasteiger partial charge in [0.1, 0.15) is 12.1 Å². The van der Waals surface area contributed by atoms with Crippen molar-refractivity contribution in [2.45, 2.75) is 13.1 Å². The van der Waals surface area contributed by atoms with Crippen LogP contribution in [0.4, 0.5) is 4.39 Å². The van der Waals surface area contributed by atoms with Crippen LogP contribution in [-0.2, 0) is 13.1 Å². The van der Waals surface area contributed by atoms with Crippen LogP contribution in [0.1, 0.15) is 21.5 Å². The lowest BCUT2D eigenvalue weighted by Gasteiger charge is -2.07. The Balaban J connectivity index is 1.60. The smallest absolute Gasteiger partial charge is 0.251 e. The highest BCUT2D eigenvalue weighted by Crippen LogP contribution is 2.08. The summed E-state index contributed by atoms with van der Waals surface area (Å²) in [6.45, 7) is 0.683. The zero-order chi connectivity index (χ0) is 16.1. The molecule has 0 fully saturated rings. The molecule has 0 unspecified atom stereocenters. The molecule has 1 N–H and O–H groups in total. The van der Waals surface area contributed by atoms with E-state index in [0.29, 0.717) is 17.7 Å². The van der Waals surface area contributed by atoms with E-state index in [9.17, 15) is 9.18 Å². The topological polar surface area (TPSA) is 72.7 Å². The second-order valence-corrected chi connectivity index (χ2v) is 4.98. The van der Waals surface area contributed by atoms with Gasteiger partial charge in [-0.25, -0.2) is 9.07 Å². The van der Waals surface area contributed by atoms with Crippen LogP contribution in [0.2, 0.25) is 0 Å². The summed E-state index contributed by atoms with van der Waals surface area (Å²) in [5.41, 5.74) is 1.95. The van der Waals surface area contributed by atoms with Crippen LogP contribution in [0.25, 0.3) is 0 Å². The maximum absolute atomic E-state index is 13.5. The van der Waals surface area contributed by atoms with Crippen LogP contribution in [0.5, 0.6) is 0 Å². The monoisotopic (exact) mass is 311 g/mol. The van der Waals surface area contributed by atoms with Gasteiger partial charge in [-0.1, -0.05) is 30.3 Å². The van der Waals surface area contributed by atoms with E-state index in [2.05, 4.69) is 20.8 Å². The Bertz CT molecular complexity index is 786. The van der Waals surface area contributed by atoms with Gasteiger partial charge in [-0.2, -0.15) is 0 Å². The lowest BCUT2D eigenvalue weighted by molar-refractivity contribution is 0.0950. The van der Waals surface area contributed by atoms with Crippen molar-refractivity contribution in [2.24, 2.45) is 0 Å². The fourth-order valence-electron chi connectivity index (χ4n) is 2.12. The van der Waals surface area contributed by atoms with E-state index in [4.69, 9.17) is 0 Å². The van der Waals surface area contributed by atoms with Crippen LogP contribution >= 0.6 is 0 Å². The number of rotatable bonds is 5. The molecule has 0 aliphatic rings. The molecular formula is C16H14FN5O. The summed E-state index contributed by atoms with van der Waals surface area (Å²) in [6.07, 6.45) is 1.52. The molecule has 116 valence electrons. The summed E-state index contributed by atoms with van der Waals surface area (Å²) in [5, 5.41) is 13.6. The van der Waals surface area contributed by atoms with E-state index in [1.165, 1.54) is 12.4 Å². The number of nitrogens with one attached hydrogen (secondary N) is 1. The SMILES string of the molecule is O=C(NCc1ccccc1F)c1ccc(Cn2cnnn2)cc1. The summed E-state index contributed by atoms with van der Waals surface area (Å²) >= 11 is 0. The Hall–Kier alpha value is -3.09. The third-order valence-electron chi connectivity index (χ3n) is 3.35. The van der Waals surface area contributed by atoms with E-state index >= 15 is 0 Å². The fourth-order valence-corrected chi connectivity index (χ4v) is 2.12. The molecule has 1 heterocycles. The molecule has 3 rings (SSSR count). The van der Waals surface area contributed by atoms with Crippen molar-refractivity contribution in [3.05, 3.63) is 77.4 Å². The molecule has 1 aromatic heterocycles. The average molecular weight is 311 g/mol. The van der Waals surface area contributed by atoms with Gasteiger partial charge in [0.05, 0.1) is 6.54 Å². The minimum Gasteiger partial charge on any atom is -0.348 e. The molecule has 0 aliphatic carbocycles. The van der Waals surface area contributed by atoms with Crippen molar-refractivity contribution in [3.63, 3.8) is 0 Å². The molecule has 0 saturated heterocycles. The first-order chi connectivity index (χ1) is 11.2. The Kier molecular flexibility index (Phi) is 4.37. The van der Waals surface area contributed by atoms with Crippen LogP contribution in [0.3, 0.4) is 0 Å². The van der Waals surface area contributed by atoms with E-state index in [1.807, 2.05) is 12.1 Å². The molecule has 2 aromatic carbocycles. The van der Waals surface area contributed by atoms with Gasteiger partial charge in [0.15, 0.2) is 0 Å². The molecule has 7 heteroatoms. The lowest BCUT2D eigenvalue weighted by atomic mass is 10.1. The van der Waals surface area contributed by atoms with Crippen molar-refractivity contribution >= 4 is 5.91 Å². The summed E-state index contributed by atoms with van der Waals surface area (Å²) in [7, 11) is 0. The van der Waals surface area contributed by atoms with Crippen LogP contribution in [-0.4, -0.2) is 26.1 Å². The second-order valence-electron chi connectivity index (χ2n) is 4.98. The first-order valence-corrected chi connectivity index (χ1v) is 7.04. The molecule has 1 amide bonds. The first kappa shape index (κ1) is 14.8. The van der Waals surface area contributed by atoms with Crippen LogP contribution in [0.15, 0.2) is 54.9 Å². The normalized spacial score (nSPS) is 10.5. The maximum Gasteiger partial charge on any atom is 0.251 e. The number of tetrazole rings is 1. The number of halogens is 1. The molecule has 0 spiro atoms. The standard InChI is InChI=1S/C16H14FN5O/c17-15-4-2-1-3-14(15)9-18-16(23)13-7-5-12(6-8-13)10-22-11-19-20-21-22/h1-8,11H,9-10H2,(H,18,23). The summed E-state index contributed by atoms with van der Waals surface area (Å²) in [6, 6.07) is 13.5. The number of hydrogen-bond acceptors (Lipinski definition) is 4. The second kappa shape index (κ2) is 6.78. The number of hydrogen-bond donors (Lipinski definition) is 1. The van der Waals surface area contributed by atoms with E-state index in [1.54, 1.807) is 35.0 Å². The Morgan fingerprint density at radius 3 is 2.61 bits per heavy atom. The number of aromatic nitrogens is 4. The predicted octanol–water partition coefficient (Wildman–Crippen LogP) is 1.79. The third kappa shape index (κ3) is 3.76. The Morgan fingerprint density at radius 1 is 1.13 bits per heavy atom. The van der Waals surface area contributed by atoms with Crippen molar-refractivity contribution in [2.75, 3.05) is 0 Å². The minimum absolute atomic E-state index is 0.151. The molecule has 0 aliphatic heterocycles. The van der Waals surface area contributed by atoms with Gasteiger partial charge in [-0.05, 0) is 34.2 Å². The molecule has 3 aromatic rings. The lowest BCUT2D eigenvalue weighted by Crippen LogP contribution is -2.23. The number of carbonyl (C=O) groups is 1. The van der Waals surface area contributed by atoms with E-state index in [0.717, 1.165) is 5.56 Å². The zero-order valence-corrected chi connectivity index (χ0v) is 12.2. The summed E-state index contributed by atoms with van der Waals surface area (Å²) < 4.78 is 15.1. The molecule has 23 heavy (non-hydrogen) atoms. The summed E-state index contributed by atoms with van der Waals surface area (Å²) in [4.78, 5) is 12.1. The van der Waals surface area contributed by atoms with E-state index in [-0.39, 0.29) is 18.3 Å². The number of nitrogens with zero attached hydrogens (tertiary/aromatic N) is 4. The highest BCUT2D eigenvalue weighted by molar-refractivity contribution is 5.94. The maximum atomic E-state index is 13.5.